The number of ether oxygens (including phenoxy) is 2. The Hall–Kier alpha value is -2.45. The molecule has 0 radical (unpaired) electrons. The number of hydrogen-bond donors (Lipinski definition) is 1. The van der Waals surface area contributed by atoms with Crippen LogP contribution in [0.5, 0.6) is 0 Å². The molecular formula is C36H58O7S. The highest BCUT2D eigenvalue weighted by molar-refractivity contribution is 7.86. The Morgan fingerprint density at radius 1 is 0.614 bits per heavy atom. The summed E-state index contributed by atoms with van der Waals surface area (Å²) in [5.41, 5.74) is -0.724. The van der Waals surface area contributed by atoms with Gasteiger partial charge in [-0.1, -0.05) is 108 Å². The molecule has 0 aromatic heterocycles. The predicted molar refractivity (Wildman–Crippen MR) is 179 cm³/mol. The Labute approximate surface area is 267 Å². The van der Waals surface area contributed by atoms with E-state index in [9.17, 15) is 22.6 Å². The molecule has 0 amide bonds. The highest BCUT2D eigenvalue weighted by atomic mass is 32.2. The number of unbranched alkanes of at least 4 members (excludes halogenated alkanes) is 16. The number of rotatable bonds is 27. The maximum absolute atomic E-state index is 12.9. The fourth-order valence-corrected chi connectivity index (χ4v) is 5.59. The molecular weight excluding hydrogens is 576 g/mol. The van der Waals surface area contributed by atoms with Crippen molar-refractivity contribution in [1.82, 2.24) is 0 Å². The van der Waals surface area contributed by atoms with Crippen LogP contribution in [0.3, 0.4) is 0 Å². The molecule has 0 aliphatic rings. The summed E-state index contributed by atoms with van der Waals surface area (Å²) in [5, 5.41) is 0. The van der Waals surface area contributed by atoms with E-state index in [0.717, 1.165) is 44.6 Å². The molecule has 1 aromatic rings. The van der Waals surface area contributed by atoms with Crippen LogP contribution in [-0.4, -0.2) is 38.1 Å². The number of carbonyl (C=O) groups is 2. The molecule has 44 heavy (non-hydrogen) atoms. The summed E-state index contributed by atoms with van der Waals surface area (Å²) in [6.45, 7) is 4.65. The van der Waals surface area contributed by atoms with Crippen LogP contribution in [0.2, 0.25) is 0 Å². The number of hydrogen-bond acceptors (Lipinski definition) is 6. The number of esters is 2. The molecule has 0 fully saturated rings. The second-order valence-electron chi connectivity index (χ2n) is 11.5. The third-order valence-corrected chi connectivity index (χ3v) is 8.40. The Bertz CT molecular complexity index is 1080. The van der Waals surface area contributed by atoms with Gasteiger partial charge in [0.05, 0.1) is 24.3 Å². The van der Waals surface area contributed by atoms with E-state index in [-0.39, 0.29) is 18.8 Å². The van der Waals surface area contributed by atoms with Crippen LogP contribution in [0.1, 0.15) is 163 Å². The Balaban J connectivity index is 2.45. The topological polar surface area (TPSA) is 107 Å². The molecule has 0 bridgehead atoms. The van der Waals surface area contributed by atoms with Crippen LogP contribution in [0.15, 0.2) is 47.4 Å². The first-order valence-electron chi connectivity index (χ1n) is 17.1. The van der Waals surface area contributed by atoms with E-state index in [2.05, 4.69) is 38.2 Å². The van der Waals surface area contributed by atoms with Crippen LogP contribution < -0.4 is 0 Å². The van der Waals surface area contributed by atoms with Gasteiger partial charge in [-0.3, -0.25) is 4.55 Å². The van der Waals surface area contributed by atoms with Crippen LogP contribution in [0.4, 0.5) is 0 Å². The lowest BCUT2D eigenvalue weighted by Crippen LogP contribution is -2.19. The van der Waals surface area contributed by atoms with Gasteiger partial charge in [0, 0.05) is 0 Å². The van der Waals surface area contributed by atoms with Gasteiger partial charge in [0.15, 0.2) is 0 Å². The van der Waals surface area contributed by atoms with E-state index in [4.69, 9.17) is 9.47 Å². The van der Waals surface area contributed by atoms with Gasteiger partial charge in [0.1, 0.15) is 4.90 Å². The van der Waals surface area contributed by atoms with Crippen molar-refractivity contribution in [3.63, 3.8) is 0 Å². The fourth-order valence-electron chi connectivity index (χ4n) is 4.89. The zero-order chi connectivity index (χ0) is 32.3. The largest absolute Gasteiger partial charge is 0.462 e. The molecule has 1 aromatic carbocycles. The van der Waals surface area contributed by atoms with Crippen LogP contribution >= 0.6 is 0 Å². The molecule has 250 valence electrons. The minimum absolute atomic E-state index is 0.0742. The summed E-state index contributed by atoms with van der Waals surface area (Å²) in [5.74, 6) is -1.80. The molecule has 0 heterocycles. The molecule has 0 atom stereocenters. The highest BCUT2D eigenvalue weighted by Crippen LogP contribution is 2.22. The van der Waals surface area contributed by atoms with Gasteiger partial charge in [-0.2, -0.15) is 8.42 Å². The molecule has 0 aliphatic carbocycles. The molecule has 8 heteroatoms. The highest BCUT2D eigenvalue weighted by Gasteiger charge is 2.28. The summed E-state index contributed by atoms with van der Waals surface area (Å²) < 4.78 is 44.3. The third kappa shape index (κ3) is 19.0. The number of benzene rings is 1. The maximum atomic E-state index is 12.9. The Morgan fingerprint density at radius 2 is 1.02 bits per heavy atom. The molecule has 0 saturated heterocycles. The molecule has 0 saturated carbocycles. The zero-order valence-electron chi connectivity index (χ0n) is 27.4. The second-order valence-corrected chi connectivity index (χ2v) is 12.9. The van der Waals surface area contributed by atoms with Gasteiger partial charge in [-0.25, -0.2) is 9.59 Å². The van der Waals surface area contributed by atoms with Gasteiger partial charge in [0.2, 0.25) is 0 Å². The first-order chi connectivity index (χ1) is 21.3. The average molecular weight is 635 g/mol. The van der Waals surface area contributed by atoms with Gasteiger partial charge in [-0.05, 0) is 76.3 Å². The number of carbonyl (C=O) groups excluding carboxylic acids is 2. The van der Waals surface area contributed by atoms with E-state index in [1.54, 1.807) is 0 Å². The van der Waals surface area contributed by atoms with E-state index < -0.39 is 32.5 Å². The minimum atomic E-state index is -4.77. The molecule has 7 nitrogen and oxygen atoms in total. The van der Waals surface area contributed by atoms with Crippen LogP contribution in [-0.2, 0) is 19.6 Å². The molecule has 0 unspecified atom stereocenters. The smallest absolute Gasteiger partial charge is 0.340 e. The first-order valence-corrected chi connectivity index (χ1v) is 18.5. The fraction of sp³-hybridized carbons (Fsp3) is 0.667. The summed E-state index contributed by atoms with van der Waals surface area (Å²) in [7, 11) is -4.77. The van der Waals surface area contributed by atoms with Gasteiger partial charge in [0.25, 0.3) is 10.1 Å². The summed E-state index contributed by atoms with van der Waals surface area (Å²) in [4.78, 5) is 25.0. The predicted octanol–water partition coefficient (Wildman–Crippen LogP) is 10.2. The van der Waals surface area contributed by atoms with Crippen molar-refractivity contribution in [2.45, 2.75) is 147 Å². The van der Waals surface area contributed by atoms with Crippen LogP contribution in [0, 0.1) is 0 Å². The average Bonchev–Trinajstić information content (AvgIpc) is 3.00. The SMILES string of the molecule is CCCCCCCC/C=C/CCCCOC(=O)c1cccc(S(=O)(=O)O)c1C(=O)OCCCC/C=C/CCCCCCCC. The summed E-state index contributed by atoms with van der Waals surface area (Å²) in [6, 6.07) is 3.69. The molecule has 1 rings (SSSR count). The monoisotopic (exact) mass is 634 g/mol. The minimum Gasteiger partial charge on any atom is -0.462 e. The van der Waals surface area contributed by atoms with Crippen molar-refractivity contribution in [2.75, 3.05) is 13.2 Å². The van der Waals surface area contributed by atoms with E-state index >= 15 is 0 Å². The van der Waals surface area contributed by atoms with Crippen molar-refractivity contribution in [3.05, 3.63) is 53.6 Å². The van der Waals surface area contributed by atoms with Crippen LogP contribution in [0.25, 0.3) is 0 Å². The van der Waals surface area contributed by atoms with Crippen molar-refractivity contribution in [1.29, 1.82) is 0 Å². The van der Waals surface area contributed by atoms with E-state index in [0.29, 0.717) is 12.8 Å². The molecule has 0 aliphatic heterocycles. The van der Waals surface area contributed by atoms with Gasteiger partial charge >= 0.3 is 11.9 Å². The molecule has 0 spiro atoms. The lowest BCUT2D eigenvalue weighted by Gasteiger charge is -2.12. The van der Waals surface area contributed by atoms with Crippen molar-refractivity contribution >= 4 is 22.1 Å². The van der Waals surface area contributed by atoms with Gasteiger partial charge in [-0.15, -0.1) is 0 Å². The normalized spacial score (nSPS) is 11.9. The second kappa shape index (κ2) is 25.8. The lowest BCUT2D eigenvalue weighted by molar-refractivity contribution is 0.0447. The van der Waals surface area contributed by atoms with Crippen molar-refractivity contribution < 1.29 is 32.0 Å². The summed E-state index contributed by atoms with van der Waals surface area (Å²) >= 11 is 0. The Kier molecular flexibility index (Phi) is 23.2. The molecule has 1 N–H and O–H groups in total. The number of allylic oxidation sites excluding steroid dienone is 4. The third-order valence-electron chi connectivity index (χ3n) is 7.51. The summed E-state index contributed by atoms with van der Waals surface area (Å²) in [6.07, 6.45) is 30.8. The zero-order valence-corrected chi connectivity index (χ0v) is 28.2. The van der Waals surface area contributed by atoms with Gasteiger partial charge < -0.3 is 9.47 Å². The lowest BCUT2D eigenvalue weighted by atomic mass is 10.1. The maximum Gasteiger partial charge on any atom is 0.340 e. The van der Waals surface area contributed by atoms with Crippen molar-refractivity contribution in [3.8, 4) is 0 Å². The van der Waals surface area contributed by atoms with E-state index in [1.807, 2.05) is 0 Å². The standard InChI is InChI=1S/C36H58O7S/c1-3-5-7-9-11-13-15-17-19-21-23-25-30-42-35(37)32-28-27-29-33(44(39,40)41)34(32)36(38)43-31-26-24-22-20-18-16-14-12-10-8-6-4-2/h17-20,27-29H,3-16,21-26,30-31H2,1-2H3,(H,39,40,41)/b19-17+,20-18+. The van der Waals surface area contributed by atoms with E-state index in [1.165, 1.54) is 89.2 Å². The van der Waals surface area contributed by atoms with Crippen molar-refractivity contribution in [2.24, 2.45) is 0 Å². The first kappa shape index (κ1) is 39.6. The quantitative estimate of drug-likeness (QED) is 0.0444. The Morgan fingerprint density at radius 3 is 1.48 bits per heavy atom.